The summed E-state index contributed by atoms with van der Waals surface area (Å²) in [5, 5.41) is 3.33. The lowest BCUT2D eigenvalue weighted by Crippen LogP contribution is -2.21. The Labute approximate surface area is 98.4 Å². The van der Waals surface area contributed by atoms with Crippen LogP contribution < -0.4 is 5.32 Å². The molecule has 0 aromatic carbocycles. The predicted molar refractivity (Wildman–Crippen MR) is 63.9 cm³/mol. The Morgan fingerprint density at radius 1 is 1.60 bits per heavy atom. The van der Waals surface area contributed by atoms with E-state index in [2.05, 4.69) is 33.2 Å². The zero-order valence-corrected chi connectivity index (χ0v) is 10.3. The van der Waals surface area contributed by atoms with E-state index in [0.717, 1.165) is 29.9 Å². The van der Waals surface area contributed by atoms with Gasteiger partial charge in [-0.2, -0.15) is 0 Å². The van der Waals surface area contributed by atoms with Crippen LogP contribution in [0.5, 0.6) is 0 Å². The van der Waals surface area contributed by atoms with Gasteiger partial charge in [0.25, 0.3) is 0 Å². The second-order valence-electron chi connectivity index (χ2n) is 3.87. The number of hydrogen-bond acceptors (Lipinski definition) is 3. The highest BCUT2D eigenvalue weighted by molar-refractivity contribution is 9.10. The third kappa shape index (κ3) is 2.92. The van der Waals surface area contributed by atoms with Crippen LogP contribution in [0.3, 0.4) is 0 Å². The van der Waals surface area contributed by atoms with Crippen molar-refractivity contribution in [3.63, 3.8) is 0 Å². The van der Waals surface area contributed by atoms with Gasteiger partial charge in [0, 0.05) is 29.7 Å². The first-order valence-corrected chi connectivity index (χ1v) is 6.02. The van der Waals surface area contributed by atoms with Gasteiger partial charge >= 0.3 is 0 Å². The fraction of sp³-hybridized carbons (Fsp3) is 0.545. The van der Waals surface area contributed by atoms with Crippen LogP contribution in [0.15, 0.2) is 22.8 Å². The number of pyridine rings is 1. The summed E-state index contributed by atoms with van der Waals surface area (Å²) in [4.78, 5) is 4.27. The molecule has 1 saturated heterocycles. The van der Waals surface area contributed by atoms with Crippen LogP contribution in [-0.2, 0) is 4.74 Å². The minimum Gasteiger partial charge on any atom is -0.378 e. The molecule has 2 rings (SSSR count). The van der Waals surface area contributed by atoms with E-state index in [1.807, 2.05) is 12.1 Å². The fourth-order valence-corrected chi connectivity index (χ4v) is 1.99. The third-order valence-electron chi connectivity index (χ3n) is 2.81. The van der Waals surface area contributed by atoms with E-state index in [9.17, 15) is 0 Å². The molecule has 15 heavy (non-hydrogen) atoms. The smallest absolute Gasteiger partial charge is 0.125 e. The number of nitrogens with one attached hydrogen (secondary N) is 1. The predicted octanol–water partition coefficient (Wildman–Crippen LogP) is 2.68. The van der Waals surface area contributed by atoms with Crippen molar-refractivity contribution < 1.29 is 4.74 Å². The maximum atomic E-state index is 5.51. The van der Waals surface area contributed by atoms with Crippen LogP contribution in [0.1, 0.15) is 13.3 Å². The quantitative estimate of drug-likeness (QED) is 0.917. The van der Waals surface area contributed by atoms with Crippen molar-refractivity contribution in [2.45, 2.75) is 19.4 Å². The first-order chi connectivity index (χ1) is 7.25. The lowest BCUT2D eigenvalue weighted by molar-refractivity contribution is 0.108. The highest BCUT2D eigenvalue weighted by atomic mass is 79.9. The van der Waals surface area contributed by atoms with Gasteiger partial charge in [0.1, 0.15) is 5.82 Å². The molecule has 1 N–H and O–H groups in total. The molecule has 1 aromatic rings. The van der Waals surface area contributed by atoms with Crippen LogP contribution in [0.4, 0.5) is 5.82 Å². The average molecular weight is 271 g/mol. The van der Waals surface area contributed by atoms with Gasteiger partial charge in [-0.25, -0.2) is 4.98 Å². The molecule has 0 saturated carbocycles. The van der Waals surface area contributed by atoms with Gasteiger partial charge in [-0.05, 0) is 41.4 Å². The summed E-state index contributed by atoms with van der Waals surface area (Å²) in [6.07, 6.45) is 3.31. The molecule has 0 aliphatic carbocycles. The van der Waals surface area contributed by atoms with Crippen LogP contribution in [0.25, 0.3) is 0 Å². The van der Waals surface area contributed by atoms with Gasteiger partial charge in [-0.15, -0.1) is 0 Å². The maximum Gasteiger partial charge on any atom is 0.125 e. The normalized spacial score (nSPS) is 25.5. The number of nitrogens with zero attached hydrogens (tertiary/aromatic N) is 1. The van der Waals surface area contributed by atoms with Gasteiger partial charge in [0.15, 0.2) is 0 Å². The third-order valence-corrected chi connectivity index (χ3v) is 3.28. The summed E-state index contributed by atoms with van der Waals surface area (Å²) in [6, 6.07) is 3.97. The van der Waals surface area contributed by atoms with Crippen LogP contribution >= 0.6 is 15.9 Å². The molecule has 4 heteroatoms. The Morgan fingerprint density at radius 3 is 3.07 bits per heavy atom. The molecule has 3 nitrogen and oxygen atoms in total. The second-order valence-corrected chi connectivity index (χ2v) is 4.78. The number of halogens is 1. The van der Waals surface area contributed by atoms with E-state index in [-0.39, 0.29) is 0 Å². The minimum atomic E-state index is 0.368. The summed E-state index contributed by atoms with van der Waals surface area (Å²) < 4.78 is 6.51. The van der Waals surface area contributed by atoms with Crippen molar-refractivity contribution in [1.29, 1.82) is 0 Å². The van der Waals surface area contributed by atoms with E-state index >= 15 is 0 Å². The van der Waals surface area contributed by atoms with E-state index in [4.69, 9.17) is 4.74 Å². The van der Waals surface area contributed by atoms with E-state index < -0.39 is 0 Å². The Morgan fingerprint density at radius 2 is 2.47 bits per heavy atom. The van der Waals surface area contributed by atoms with Crippen LogP contribution in [0, 0.1) is 5.92 Å². The lowest BCUT2D eigenvalue weighted by atomic mass is 10.0. The maximum absolute atomic E-state index is 5.51. The molecular formula is C11H15BrN2O. The summed E-state index contributed by atoms with van der Waals surface area (Å²) in [6.45, 7) is 3.96. The van der Waals surface area contributed by atoms with Crippen molar-refractivity contribution in [2.75, 3.05) is 18.5 Å². The number of aromatic nitrogens is 1. The lowest BCUT2D eigenvalue weighted by Gasteiger charge is -2.14. The number of rotatable bonds is 3. The summed E-state index contributed by atoms with van der Waals surface area (Å²) in [5.74, 6) is 1.53. The molecule has 1 aliphatic heterocycles. The first kappa shape index (κ1) is 10.9. The number of hydrogen-bond donors (Lipinski definition) is 1. The van der Waals surface area contributed by atoms with E-state index in [1.54, 1.807) is 6.20 Å². The monoisotopic (exact) mass is 270 g/mol. The summed E-state index contributed by atoms with van der Waals surface area (Å²) >= 11 is 3.36. The first-order valence-electron chi connectivity index (χ1n) is 5.23. The van der Waals surface area contributed by atoms with Crippen molar-refractivity contribution in [3.8, 4) is 0 Å². The van der Waals surface area contributed by atoms with Crippen molar-refractivity contribution in [2.24, 2.45) is 5.92 Å². The molecule has 2 unspecified atom stereocenters. The fourth-order valence-electron chi connectivity index (χ4n) is 1.76. The van der Waals surface area contributed by atoms with E-state index in [1.165, 1.54) is 0 Å². The van der Waals surface area contributed by atoms with Gasteiger partial charge in [0.05, 0.1) is 6.10 Å². The van der Waals surface area contributed by atoms with Gasteiger partial charge in [-0.3, -0.25) is 0 Å². The number of ether oxygens (including phenoxy) is 1. The van der Waals surface area contributed by atoms with Crippen molar-refractivity contribution in [1.82, 2.24) is 4.98 Å². The zero-order chi connectivity index (χ0) is 10.7. The summed E-state index contributed by atoms with van der Waals surface area (Å²) in [5.41, 5.74) is 0. The molecule has 0 spiro atoms. The topological polar surface area (TPSA) is 34.1 Å². The summed E-state index contributed by atoms with van der Waals surface area (Å²) in [7, 11) is 0. The standard InChI is InChI=1S/C11H15BrN2O/c1-8-9(4-5-15-8)6-13-11-3-2-10(12)7-14-11/h2-3,7-9H,4-6H2,1H3,(H,13,14). The van der Waals surface area contributed by atoms with Crippen LogP contribution in [0.2, 0.25) is 0 Å². The van der Waals surface area contributed by atoms with Crippen LogP contribution in [-0.4, -0.2) is 24.2 Å². The molecule has 2 atom stereocenters. The Hall–Kier alpha value is -0.610. The molecular weight excluding hydrogens is 256 g/mol. The molecule has 1 fully saturated rings. The van der Waals surface area contributed by atoms with Crippen molar-refractivity contribution in [3.05, 3.63) is 22.8 Å². The molecule has 0 amide bonds. The Bertz CT molecular complexity index is 315. The average Bonchev–Trinajstić information content (AvgIpc) is 2.63. The molecule has 1 aromatic heterocycles. The van der Waals surface area contributed by atoms with E-state index in [0.29, 0.717) is 12.0 Å². The highest BCUT2D eigenvalue weighted by Crippen LogP contribution is 2.20. The Balaban J connectivity index is 1.85. The largest absolute Gasteiger partial charge is 0.378 e. The number of anilines is 1. The highest BCUT2D eigenvalue weighted by Gasteiger charge is 2.23. The van der Waals surface area contributed by atoms with Gasteiger partial charge < -0.3 is 10.1 Å². The molecule has 2 heterocycles. The zero-order valence-electron chi connectivity index (χ0n) is 8.74. The molecule has 82 valence electrons. The second kappa shape index (κ2) is 4.94. The molecule has 1 aliphatic rings. The van der Waals surface area contributed by atoms with Gasteiger partial charge in [0.2, 0.25) is 0 Å². The van der Waals surface area contributed by atoms with Gasteiger partial charge in [-0.1, -0.05) is 0 Å². The minimum absolute atomic E-state index is 0.368. The molecule has 0 radical (unpaired) electrons. The SMILES string of the molecule is CC1OCCC1CNc1ccc(Br)cn1. The van der Waals surface area contributed by atoms with Crippen molar-refractivity contribution >= 4 is 21.7 Å². The molecule has 0 bridgehead atoms. The Kier molecular flexibility index (Phi) is 3.59.